The SMILES string of the molecule is CCOP(=O)(OCC)C(C#N)Cc1ccc(OC(C)=O)c(OC(C)=O)c1. The number of hydrogen-bond donors (Lipinski definition) is 0. The lowest BCUT2D eigenvalue weighted by Gasteiger charge is -2.21. The summed E-state index contributed by atoms with van der Waals surface area (Å²) in [5.41, 5.74) is -0.490. The fraction of sp³-hybridized carbons (Fsp3) is 0.471. The molecule has 0 N–H and O–H groups in total. The summed E-state index contributed by atoms with van der Waals surface area (Å²) in [6.07, 6.45) is 0.0440. The first kappa shape index (κ1) is 21.8. The average Bonchev–Trinajstić information content (AvgIpc) is 2.54. The fourth-order valence-electron chi connectivity index (χ4n) is 2.18. The quantitative estimate of drug-likeness (QED) is 0.363. The molecule has 1 aromatic carbocycles. The maximum atomic E-state index is 12.8. The van der Waals surface area contributed by atoms with E-state index < -0.39 is 25.2 Å². The number of benzene rings is 1. The van der Waals surface area contributed by atoms with Crippen molar-refractivity contribution in [2.75, 3.05) is 13.2 Å². The Morgan fingerprint density at radius 2 is 1.62 bits per heavy atom. The van der Waals surface area contributed by atoms with Crippen LogP contribution in [0.3, 0.4) is 0 Å². The molecule has 26 heavy (non-hydrogen) atoms. The van der Waals surface area contributed by atoms with Gasteiger partial charge in [0.25, 0.3) is 0 Å². The number of ether oxygens (including phenoxy) is 2. The van der Waals surface area contributed by atoms with Crippen LogP contribution in [0.2, 0.25) is 0 Å². The van der Waals surface area contributed by atoms with E-state index in [1.165, 1.54) is 26.0 Å². The van der Waals surface area contributed by atoms with Gasteiger partial charge in [-0.3, -0.25) is 14.2 Å². The molecule has 0 aliphatic rings. The van der Waals surface area contributed by atoms with Crippen molar-refractivity contribution in [3.8, 4) is 17.6 Å². The number of nitrogens with zero attached hydrogens (tertiary/aromatic N) is 1. The Hall–Kier alpha value is -2.20. The van der Waals surface area contributed by atoms with Crippen molar-refractivity contribution < 1.29 is 32.7 Å². The zero-order valence-corrected chi connectivity index (χ0v) is 16.1. The Kier molecular flexibility index (Phi) is 8.46. The van der Waals surface area contributed by atoms with Crippen LogP contribution in [0.25, 0.3) is 0 Å². The molecule has 0 fully saturated rings. The molecule has 1 rings (SSSR count). The number of carbonyl (C=O) groups excluding carboxylic acids is 2. The first-order chi connectivity index (χ1) is 12.3. The summed E-state index contributed by atoms with van der Waals surface area (Å²) in [5.74, 6) is -1.06. The fourth-order valence-corrected chi connectivity index (χ4v) is 3.91. The highest BCUT2D eigenvalue weighted by Crippen LogP contribution is 2.53. The lowest BCUT2D eigenvalue weighted by molar-refractivity contribution is -0.134. The van der Waals surface area contributed by atoms with Gasteiger partial charge in [-0.05, 0) is 38.0 Å². The molecule has 0 aliphatic heterocycles. The second kappa shape index (κ2) is 10.1. The van der Waals surface area contributed by atoms with E-state index in [9.17, 15) is 19.4 Å². The second-order valence-corrected chi connectivity index (χ2v) is 7.41. The number of carbonyl (C=O) groups is 2. The molecule has 0 amide bonds. The van der Waals surface area contributed by atoms with Crippen LogP contribution < -0.4 is 9.47 Å². The van der Waals surface area contributed by atoms with Gasteiger partial charge in [-0.2, -0.15) is 5.26 Å². The van der Waals surface area contributed by atoms with Crippen molar-refractivity contribution in [1.82, 2.24) is 0 Å². The summed E-state index contributed by atoms with van der Waals surface area (Å²) in [6.45, 7) is 6.02. The summed E-state index contributed by atoms with van der Waals surface area (Å²) in [6, 6.07) is 6.43. The van der Waals surface area contributed by atoms with Crippen molar-refractivity contribution in [1.29, 1.82) is 5.26 Å². The molecule has 0 spiro atoms. The van der Waals surface area contributed by atoms with Crippen molar-refractivity contribution in [3.63, 3.8) is 0 Å². The first-order valence-electron chi connectivity index (χ1n) is 8.03. The minimum atomic E-state index is -3.63. The van der Waals surface area contributed by atoms with Crippen LogP contribution in [0.15, 0.2) is 18.2 Å². The van der Waals surface area contributed by atoms with E-state index in [1.807, 2.05) is 6.07 Å². The van der Waals surface area contributed by atoms with Gasteiger partial charge in [0.15, 0.2) is 17.2 Å². The number of hydrogen-bond acceptors (Lipinski definition) is 8. The average molecular weight is 383 g/mol. The summed E-state index contributed by atoms with van der Waals surface area (Å²) in [4.78, 5) is 22.4. The van der Waals surface area contributed by atoms with Gasteiger partial charge >= 0.3 is 19.5 Å². The summed E-state index contributed by atoms with van der Waals surface area (Å²) < 4.78 is 33.3. The third kappa shape index (κ3) is 6.26. The highest BCUT2D eigenvalue weighted by atomic mass is 31.2. The largest absolute Gasteiger partial charge is 0.423 e. The minimum Gasteiger partial charge on any atom is -0.423 e. The molecule has 9 heteroatoms. The summed E-state index contributed by atoms with van der Waals surface area (Å²) in [7, 11) is -3.63. The van der Waals surface area contributed by atoms with Crippen LogP contribution in [0, 0.1) is 11.3 Å². The van der Waals surface area contributed by atoms with Crippen LogP contribution in [-0.4, -0.2) is 30.8 Å². The molecule has 8 nitrogen and oxygen atoms in total. The predicted octanol–water partition coefficient (Wildman–Crippen LogP) is 3.24. The van der Waals surface area contributed by atoms with Gasteiger partial charge in [0.05, 0.1) is 19.3 Å². The molecule has 0 aliphatic carbocycles. The van der Waals surface area contributed by atoms with E-state index >= 15 is 0 Å². The lowest BCUT2D eigenvalue weighted by Crippen LogP contribution is -2.15. The first-order valence-corrected chi connectivity index (χ1v) is 9.65. The van der Waals surface area contributed by atoms with E-state index in [1.54, 1.807) is 19.9 Å². The number of rotatable bonds is 9. The monoisotopic (exact) mass is 383 g/mol. The zero-order valence-electron chi connectivity index (χ0n) is 15.2. The smallest absolute Gasteiger partial charge is 0.348 e. The third-order valence-corrected chi connectivity index (χ3v) is 5.39. The normalized spacial score (nSPS) is 12.1. The standard InChI is InChI=1S/C17H22NO7P/c1-5-22-26(21,23-6-2)15(11-18)9-14-7-8-16(24-12(3)19)17(10-14)25-13(4)20/h7-8,10,15H,5-6,9H2,1-4H3. The van der Waals surface area contributed by atoms with Crippen molar-refractivity contribution in [3.05, 3.63) is 23.8 Å². The third-order valence-electron chi connectivity index (χ3n) is 3.09. The Labute approximate surface area is 152 Å². The predicted molar refractivity (Wildman–Crippen MR) is 93.0 cm³/mol. The second-order valence-electron chi connectivity index (χ2n) is 5.19. The van der Waals surface area contributed by atoms with Crippen molar-refractivity contribution >= 4 is 19.5 Å². The molecule has 0 aromatic heterocycles. The Morgan fingerprint density at radius 1 is 1.08 bits per heavy atom. The molecular weight excluding hydrogens is 361 g/mol. The van der Waals surface area contributed by atoms with Gasteiger partial charge in [-0.25, -0.2) is 0 Å². The highest BCUT2D eigenvalue weighted by Gasteiger charge is 2.36. The van der Waals surface area contributed by atoms with Crippen LogP contribution in [0.1, 0.15) is 33.3 Å². The topological polar surface area (TPSA) is 112 Å². The molecule has 1 aromatic rings. The molecule has 0 heterocycles. The van der Waals surface area contributed by atoms with Crippen molar-refractivity contribution in [2.24, 2.45) is 0 Å². The summed E-state index contributed by atoms with van der Waals surface area (Å²) in [5, 5.41) is 9.43. The van der Waals surface area contributed by atoms with Gasteiger partial charge in [-0.15, -0.1) is 0 Å². The summed E-state index contributed by atoms with van der Waals surface area (Å²) >= 11 is 0. The highest BCUT2D eigenvalue weighted by molar-refractivity contribution is 7.55. The van der Waals surface area contributed by atoms with Gasteiger partial charge < -0.3 is 18.5 Å². The molecule has 142 valence electrons. The van der Waals surface area contributed by atoms with Crippen LogP contribution in [0.5, 0.6) is 11.5 Å². The zero-order chi connectivity index (χ0) is 19.7. The Bertz CT molecular complexity index is 731. The molecule has 0 radical (unpaired) electrons. The van der Waals surface area contributed by atoms with Crippen molar-refractivity contribution in [2.45, 2.75) is 39.8 Å². The Morgan fingerprint density at radius 3 is 2.08 bits per heavy atom. The molecule has 0 bridgehead atoms. The van der Waals surface area contributed by atoms with Gasteiger partial charge in [0.1, 0.15) is 0 Å². The van der Waals surface area contributed by atoms with Crippen LogP contribution >= 0.6 is 7.60 Å². The van der Waals surface area contributed by atoms with Gasteiger partial charge in [0.2, 0.25) is 0 Å². The lowest BCUT2D eigenvalue weighted by atomic mass is 10.1. The van der Waals surface area contributed by atoms with E-state index in [0.717, 1.165) is 0 Å². The Balaban J connectivity index is 3.17. The molecule has 1 atom stereocenters. The van der Waals surface area contributed by atoms with E-state index in [0.29, 0.717) is 5.56 Å². The van der Waals surface area contributed by atoms with E-state index in [-0.39, 0.29) is 31.1 Å². The van der Waals surface area contributed by atoms with E-state index in [4.69, 9.17) is 18.5 Å². The molecular formula is C17H22NO7P. The van der Waals surface area contributed by atoms with E-state index in [2.05, 4.69) is 0 Å². The number of nitriles is 1. The van der Waals surface area contributed by atoms with Crippen LogP contribution in [0.4, 0.5) is 0 Å². The maximum Gasteiger partial charge on any atom is 0.348 e. The van der Waals surface area contributed by atoms with Gasteiger partial charge in [0, 0.05) is 13.8 Å². The van der Waals surface area contributed by atoms with Crippen LogP contribution in [-0.2, 0) is 29.6 Å². The van der Waals surface area contributed by atoms with Gasteiger partial charge in [-0.1, -0.05) is 6.07 Å². The number of esters is 2. The minimum absolute atomic E-state index is 0.0320. The molecule has 0 saturated heterocycles. The molecule has 0 saturated carbocycles. The molecule has 1 unspecified atom stereocenters. The maximum absolute atomic E-state index is 12.8.